The fourth-order valence-corrected chi connectivity index (χ4v) is 4.82. The highest BCUT2D eigenvalue weighted by molar-refractivity contribution is 7.99. The molecule has 0 radical (unpaired) electrons. The summed E-state index contributed by atoms with van der Waals surface area (Å²) in [6.07, 6.45) is 4.20. The third-order valence-electron chi connectivity index (χ3n) is 5.47. The fraction of sp³-hybridized carbons (Fsp3) is 0.409. The number of benzene rings is 1. The van der Waals surface area contributed by atoms with Gasteiger partial charge in [0, 0.05) is 18.0 Å². The smallest absolute Gasteiger partial charge is 0.258 e. The minimum atomic E-state index is -0.0372. The SMILES string of the molecule is Cc1cccnc1CN1CCC(SCc2nc3c(C)cccc3c(=O)[nH]2)CC1. The number of pyridine rings is 1. The highest BCUT2D eigenvalue weighted by Gasteiger charge is 2.20. The summed E-state index contributed by atoms with van der Waals surface area (Å²) in [6, 6.07) is 9.87. The third kappa shape index (κ3) is 4.28. The van der Waals surface area contributed by atoms with Crippen LogP contribution in [0.3, 0.4) is 0 Å². The number of nitrogens with zero attached hydrogens (tertiary/aromatic N) is 3. The zero-order chi connectivity index (χ0) is 19.5. The maximum Gasteiger partial charge on any atom is 0.258 e. The second kappa shape index (κ2) is 8.45. The Bertz CT molecular complexity index is 1020. The van der Waals surface area contributed by atoms with Gasteiger partial charge in [0.2, 0.25) is 0 Å². The van der Waals surface area contributed by atoms with E-state index in [1.165, 1.54) is 11.3 Å². The summed E-state index contributed by atoms with van der Waals surface area (Å²) in [5, 5.41) is 1.28. The van der Waals surface area contributed by atoms with E-state index < -0.39 is 0 Å². The van der Waals surface area contributed by atoms with Crippen LogP contribution in [0.15, 0.2) is 41.3 Å². The van der Waals surface area contributed by atoms with Crippen molar-refractivity contribution in [2.24, 2.45) is 0 Å². The Labute approximate surface area is 169 Å². The molecule has 1 aliphatic rings. The highest BCUT2D eigenvalue weighted by Crippen LogP contribution is 2.27. The number of hydrogen-bond acceptors (Lipinski definition) is 5. The molecule has 1 aromatic carbocycles. The number of aromatic amines is 1. The lowest BCUT2D eigenvalue weighted by atomic mass is 10.1. The van der Waals surface area contributed by atoms with Crippen molar-refractivity contribution < 1.29 is 0 Å². The van der Waals surface area contributed by atoms with E-state index in [-0.39, 0.29) is 5.56 Å². The van der Waals surface area contributed by atoms with E-state index in [0.29, 0.717) is 10.6 Å². The number of piperidine rings is 1. The highest BCUT2D eigenvalue weighted by atomic mass is 32.2. The van der Waals surface area contributed by atoms with Crippen molar-refractivity contribution in [3.63, 3.8) is 0 Å². The van der Waals surface area contributed by atoms with E-state index >= 15 is 0 Å². The molecule has 1 fully saturated rings. The van der Waals surface area contributed by atoms with E-state index in [2.05, 4.69) is 27.9 Å². The first kappa shape index (κ1) is 19.2. The Morgan fingerprint density at radius 1 is 1.14 bits per heavy atom. The molecule has 0 saturated carbocycles. The molecular weight excluding hydrogens is 368 g/mol. The Hall–Kier alpha value is -2.18. The van der Waals surface area contributed by atoms with Crippen LogP contribution in [-0.4, -0.2) is 38.2 Å². The van der Waals surface area contributed by atoms with Crippen molar-refractivity contribution in [2.45, 2.75) is 44.2 Å². The first-order valence-electron chi connectivity index (χ1n) is 9.83. The molecule has 0 atom stereocenters. The van der Waals surface area contributed by atoms with E-state index in [1.807, 2.05) is 49.1 Å². The van der Waals surface area contributed by atoms with Crippen molar-refractivity contribution in [3.8, 4) is 0 Å². The van der Waals surface area contributed by atoms with Gasteiger partial charge < -0.3 is 4.98 Å². The van der Waals surface area contributed by atoms with Crippen LogP contribution in [0.5, 0.6) is 0 Å². The number of rotatable bonds is 5. The first-order valence-corrected chi connectivity index (χ1v) is 10.9. The maximum absolute atomic E-state index is 12.3. The lowest BCUT2D eigenvalue weighted by Gasteiger charge is -2.31. The van der Waals surface area contributed by atoms with Gasteiger partial charge in [0.15, 0.2) is 0 Å². The van der Waals surface area contributed by atoms with Crippen LogP contribution in [0, 0.1) is 13.8 Å². The summed E-state index contributed by atoms with van der Waals surface area (Å²) in [7, 11) is 0. The van der Waals surface area contributed by atoms with Gasteiger partial charge in [0.25, 0.3) is 5.56 Å². The number of aryl methyl sites for hydroxylation is 2. The summed E-state index contributed by atoms with van der Waals surface area (Å²) in [5.74, 6) is 1.53. The molecule has 28 heavy (non-hydrogen) atoms. The van der Waals surface area contributed by atoms with Gasteiger partial charge in [-0.05, 0) is 63.0 Å². The molecule has 4 rings (SSSR count). The molecule has 0 aliphatic carbocycles. The molecule has 0 amide bonds. The molecule has 1 saturated heterocycles. The van der Waals surface area contributed by atoms with Crippen molar-refractivity contribution in [3.05, 3.63) is 69.5 Å². The fourth-order valence-electron chi connectivity index (χ4n) is 3.75. The van der Waals surface area contributed by atoms with Gasteiger partial charge in [-0.15, -0.1) is 0 Å². The molecule has 6 heteroatoms. The number of aromatic nitrogens is 3. The largest absolute Gasteiger partial charge is 0.309 e. The van der Waals surface area contributed by atoms with E-state index in [0.717, 1.165) is 55.1 Å². The van der Waals surface area contributed by atoms with Gasteiger partial charge >= 0.3 is 0 Å². The minimum absolute atomic E-state index is 0.0372. The van der Waals surface area contributed by atoms with Crippen molar-refractivity contribution in [2.75, 3.05) is 13.1 Å². The van der Waals surface area contributed by atoms with Crippen LogP contribution in [0.25, 0.3) is 10.9 Å². The number of hydrogen-bond donors (Lipinski definition) is 1. The quantitative estimate of drug-likeness (QED) is 0.713. The van der Waals surface area contributed by atoms with Crippen LogP contribution in [-0.2, 0) is 12.3 Å². The molecule has 146 valence electrons. The summed E-state index contributed by atoms with van der Waals surface area (Å²) in [5.41, 5.74) is 4.28. The molecule has 2 aromatic heterocycles. The number of thioether (sulfide) groups is 1. The van der Waals surface area contributed by atoms with Gasteiger partial charge in [-0.3, -0.25) is 14.7 Å². The van der Waals surface area contributed by atoms with Crippen LogP contribution in [0.1, 0.15) is 35.5 Å². The molecule has 1 aliphatic heterocycles. The number of H-pyrrole nitrogens is 1. The molecule has 3 heterocycles. The summed E-state index contributed by atoms with van der Waals surface area (Å²) in [6.45, 7) is 7.25. The lowest BCUT2D eigenvalue weighted by Crippen LogP contribution is -2.34. The number of nitrogens with one attached hydrogen (secondary N) is 1. The monoisotopic (exact) mass is 394 g/mol. The number of para-hydroxylation sites is 1. The molecule has 0 spiro atoms. The second-order valence-electron chi connectivity index (χ2n) is 7.54. The zero-order valence-corrected chi connectivity index (χ0v) is 17.3. The van der Waals surface area contributed by atoms with Gasteiger partial charge in [-0.25, -0.2) is 4.98 Å². The predicted octanol–water partition coefficient (Wildman–Crippen LogP) is 3.83. The van der Waals surface area contributed by atoms with Crippen molar-refractivity contribution >= 4 is 22.7 Å². The van der Waals surface area contributed by atoms with Gasteiger partial charge in [0.1, 0.15) is 5.82 Å². The normalized spacial score (nSPS) is 15.9. The summed E-state index contributed by atoms with van der Waals surface area (Å²) >= 11 is 1.91. The molecular formula is C22H26N4OS. The van der Waals surface area contributed by atoms with Crippen LogP contribution in [0.2, 0.25) is 0 Å². The molecule has 5 nitrogen and oxygen atoms in total. The topological polar surface area (TPSA) is 61.9 Å². The Morgan fingerprint density at radius 2 is 1.93 bits per heavy atom. The summed E-state index contributed by atoms with van der Waals surface area (Å²) in [4.78, 5) is 27.0. The predicted molar refractivity (Wildman–Crippen MR) is 116 cm³/mol. The standard InChI is InChI=1S/C22H26N4OS/c1-15-6-4-10-23-19(15)13-26-11-8-17(9-12-26)28-14-20-24-21-16(2)5-3-7-18(21)22(27)25-20/h3-7,10,17H,8-9,11-14H2,1-2H3,(H,24,25,27). The molecule has 3 aromatic rings. The number of likely N-dealkylation sites (tertiary alicyclic amines) is 1. The minimum Gasteiger partial charge on any atom is -0.309 e. The van der Waals surface area contributed by atoms with Crippen LogP contribution in [0.4, 0.5) is 0 Å². The summed E-state index contributed by atoms with van der Waals surface area (Å²) < 4.78 is 0. The van der Waals surface area contributed by atoms with Crippen molar-refractivity contribution in [1.82, 2.24) is 19.9 Å². The Kier molecular flexibility index (Phi) is 5.78. The van der Waals surface area contributed by atoms with Crippen LogP contribution < -0.4 is 5.56 Å². The Morgan fingerprint density at radius 3 is 2.71 bits per heavy atom. The van der Waals surface area contributed by atoms with E-state index in [1.54, 1.807) is 0 Å². The first-order chi connectivity index (χ1) is 13.6. The van der Waals surface area contributed by atoms with Crippen molar-refractivity contribution in [1.29, 1.82) is 0 Å². The third-order valence-corrected chi connectivity index (χ3v) is 6.85. The van der Waals surface area contributed by atoms with Gasteiger partial charge in [0.05, 0.1) is 22.3 Å². The van der Waals surface area contributed by atoms with E-state index in [9.17, 15) is 4.79 Å². The van der Waals surface area contributed by atoms with Gasteiger partial charge in [-0.2, -0.15) is 11.8 Å². The maximum atomic E-state index is 12.3. The lowest BCUT2D eigenvalue weighted by molar-refractivity contribution is 0.222. The average Bonchev–Trinajstić information content (AvgIpc) is 2.70. The zero-order valence-electron chi connectivity index (χ0n) is 16.4. The van der Waals surface area contributed by atoms with Crippen LogP contribution >= 0.6 is 11.8 Å². The number of fused-ring (bicyclic) bond motifs is 1. The van der Waals surface area contributed by atoms with Gasteiger partial charge in [-0.1, -0.05) is 18.2 Å². The Balaban J connectivity index is 1.33. The molecule has 0 unspecified atom stereocenters. The molecule has 0 bridgehead atoms. The average molecular weight is 395 g/mol. The second-order valence-corrected chi connectivity index (χ2v) is 8.83. The van der Waals surface area contributed by atoms with E-state index in [4.69, 9.17) is 4.98 Å². The molecule has 1 N–H and O–H groups in total.